The number of halogens is 1. The Bertz CT molecular complexity index is 291. The highest BCUT2D eigenvalue weighted by Gasteiger charge is 2.01. The third-order valence-electron chi connectivity index (χ3n) is 1.69. The Morgan fingerprint density at radius 1 is 1.33 bits per heavy atom. The molecule has 0 saturated carbocycles. The zero-order chi connectivity index (χ0) is 9.14. The number of hydrogen-bond donors (Lipinski definition) is 2. The molecule has 0 aliphatic rings. The zero-order valence-electron chi connectivity index (χ0n) is 6.89. The molecule has 0 atom stereocenters. The molecule has 4 heteroatoms. The third-order valence-corrected chi connectivity index (χ3v) is 2.65. The first-order valence-electron chi connectivity index (χ1n) is 3.49. The third kappa shape index (κ3) is 2.20. The molecule has 0 aliphatic heterocycles. The zero-order valence-corrected chi connectivity index (χ0v) is 9.86. The summed E-state index contributed by atoms with van der Waals surface area (Å²) < 4.78 is 3.14. The average Bonchev–Trinajstić information content (AvgIpc) is 2.01. The molecule has 0 heterocycles. The highest BCUT2D eigenvalue weighted by molar-refractivity contribution is 14.2. The van der Waals surface area contributed by atoms with Crippen LogP contribution in [0.5, 0.6) is 5.75 Å². The summed E-state index contributed by atoms with van der Waals surface area (Å²) >= 11 is 2.17. The van der Waals surface area contributed by atoms with Gasteiger partial charge in [-0.1, -0.05) is 0 Å². The first kappa shape index (κ1) is 9.98. The summed E-state index contributed by atoms with van der Waals surface area (Å²) in [5.41, 5.74) is 3.01. The van der Waals surface area contributed by atoms with Gasteiger partial charge >= 0.3 is 0 Å². The predicted octanol–water partition coefficient (Wildman–Crippen LogP) is 3.42. The SMILES string of the molecule is Cc1cc(NSI)c(C)cc1O. The average molecular weight is 295 g/mol. The summed E-state index contributed by atoms with van der Waals surface area (Å²) in [6.45, 7) is 3.85. The molecule has 1 aromatic rings. The Hall–Kier alpha value is -0.100. The van der Waals surface area contributed by atoms with Gasteiger partial charge in [-0.2, -0.15) is 0 Å². The Morgan fingerprint density at radius 2 is 2.00 bits per heavy atom. The lowest BCUT2D eigenvalue weighted by Gasteiger charge is -2.07. The standard InChI is InChI=1S/C8H10INOS/c1-5-4-8(11)6(2)3-7(5)10-12-9/h3-4,10-11H,1-2H3. The van der Waals surface area contributed by atoms with Gasteiger partial charge in [0, 0.05) is 36.0 Å². The van der Waals surface area contributed by atoms with Crippen LogP contribution in [0, 0.1) is 13.8 Å². The maximum absolute atomic E-state index is 9.36. The summed E-state index contributed by atoms with van der Waals surface area (Å²) in [5, 5.41) is 9.36. The molecule has 0 fully saturated rings. The Morgan fingerprint density at radius 3 is 2.58 bits per heavy atom. The van der Waals surface area contributed by atoms with E-state index in [1.807, 2.05) is 19.9 Å². The van der Waals surface area contributed by atoms with E-state index >= 15 is 0 Å². The fourth-order valence-corrected chi connectivity index (χ4v) is 1.97. The van der Waals surface area contributed by atoms with Crippen LogP contribution in [-0.4, -0.2) is 5.11 Å². The molecule has 0 radical (unpaired) electrons. The summed E-state index contributed by atoms with van der Waals surface area (Å²) in [6, 6.07) is 3.71. The van der Waals surface area contributed by atoms with Crippen LogP contribution in [0.4, 0.5) is 5.69 Å². The molecule has 0 bridgehead atoms. The molecule has 0 unspecified atom stereocenters. The number of benzene rings is 1. The van der Waals surface area contributed by atoms with Gasteiger partial charge in [0.2, 0.25) is 0 Å². The number of nitrogens with one attached hydrogen (secondary N) is 1. The summed E-state index contributed by atoms with van der Waals surface area (Å²) in [4.78, 5) is 0. The lowest BCUT2D eigenvalue weighted by atomic mass is 10.1. The fraction of sp³-hybridized carbons (Fsp3) is 0.250. The minimum absolute atomic E-state index is 0.358. The monoisotopic (exact) mass is 295 g/mol. The molecule has 0 spiro atoms. The van der Waals surface area contributed by atoms with Crippen LogP contribution in [-0.2, 0) is 0 Å². The molecule has 1 rings (SSSR count). The Balaban J connectivity index is 3.05. The van der Waals surface area contributed by atoms with Crippen LogP contribution in [0.15, 0.2) is 12.1 Å². The largest absolute Gasteiger partial charge is 0.508 e. The molecular weight excluding hydrogens is 285 g/mol. The van der Waals surface area contributed by atoms with Gasteiger partial charge < -0.3 is 9.83 Å². The van der Waals surface area contributed by atoms with Crippen molar-refractivity contribution in [2.24, 2.45) is 0 Å². The van der Waals surface area contributed by atoms with E-state index in [2.05, 4.69) is 25.9 Å². The number of anilines is 1. The number of aryl methyl sites for hydroxylation is 2. The molecule has 2 nitrogen and oxygen atoms in total. The molecule has 66 valence electrons. The quantitative estimate of drug-likeness (QED) is 0.498. The van der Waals surface area contributed by atoms with E-state index in [4.69, 9.17) is 0 Å². The van der Waals surface area contributed by atoms with Crippen LogP contribution >= 0.6 is 30.3 Å². The fourth-order valence-electron chi connectivity index (χ4n) is 0.952. The van der Waals surface area contributed by atoms with Gasteiger partial charge in [-0.05, 0) is 37.1 Å². The second kappa shape index (κ2) is 4.23. The van der Waals surface area contributed by atoms with E-state index in [0.717, 1.165) is 16.8 Å². The van der Waals surface area contributed by atoms with Gasteiger partial charge in [0.05, 0.1) is 0 Å². The highest BCUT2D eigenvalue weighted by atomic mass is 127. The minimum atomic E-state index is 0.358. The lowest BCUT2D eigenvalue weighted by molar-refractivity contribution is 0.471. The van der Waals surface area contributed by atoms with Crippen LogP contribution < -0.4 is 4.72 Å². The number of phenolic OH excluding ortho intramolecular Hbond substituents is 1. The molecule has 0 amide bonds. The number of aromatic hydroxyl groups is 1. The smallest absolute Gasteiger partial charge is 0.118 e. The normalized spacial score (nSPS) is 9.92. The van der Waals surface area contributed by atoms with E-state index < -0.39 is 0 Å². The Labute approximate surface area is 88.5 Å². The number of rotatable bonds is 2. The highest BCUT2D eigenvalue weighted by Crippen LogP contribution is 2.27. The van der Waals surface area contributed by atoms with Crippen LogP contribution in [0.2, 0.25) is 0 Å². The van der Waals surface area contributed by atoms with Crippen molar-refractivity contribution in [2.75, 3.05) is 4.72 Å². The van der Waals surface area contributed by atoms with Crippen molar-refractivity contribution in [1.29, 1.82) is 0 Å². The van der Waals surface area contributed by atoms with Crippen LogP contribution in [0.25, 0.3) is 0 Å². The summed E-state index contributed by atoms with van der Waals surface area (Å²) in [6.07, 6.45) is 0. The number of hydrogen-bond acceptors (Lipinski definition) is 3. The number of phenols is 1. The van der Waals surface area contributed by atoms with Crippen molar-refractivity contribution in [3.63, 3.8) is 0 Å². The van der Waals surface area contributed by atoms with E-state index in [-0.39, 0.29) is 0 Å². The maximum Gasteiger partial charge on any atom is 0.118 e. The topological polar surface area (TPSA) is 32.3 Å². The van der Waals surface area contributed by atoms with E-state index in [9.17, 15) is 5.11 Å². The van der Waals surface area contributed by atoms with Gasteiger partial charge in [0.1, 0.15) is 5.75 Å². The molecule has 12 heavy (non-hydrogen) atoms. The van der Waals surface area contributed by atoms with Crippen LogP contribution in [0.3, 0.4) is 0 Å². The first-order valence-corrected chi connectivity index (χ1v) is 6.85. The van der Waals surface area contributed by atoms with Gasteiger partial charge in [-0.25, -0.2) is 0 Å². The molecule has 0 aliphatic carbocycles. The van der Waals surface area contributed by atoms with E-state index in [1.165, 1.54) is 9.12 Å². The summed E-state index contributed by atoms with van der Waals surface area (Å²) in [5.74, 6) is 0.358. The van der Waals surface area contributed by atoms with Crippen molar-refractivity contribution in [3.8, 4) is 5.75 Å². The van der Waals surface area contributed by atoms with Crippen molar-refractivity contribution in [3.05, 3.63) is 23.3 Å². The molecule has 2 N–H and O–H groups in total. The van der Waals surface area contributed by atoms with Crippen LogP contribution in [0.1, 0.15) is 11.1 Å². The van der Waals surface area contributed by atoms with E-state index in [1.54, 1.807) is 6.07 Å². The van der Waals surface area contributed by atoms with Gasteiger partial charge in [-0.15, -0.1) is 0 Å². The Kier molecular flexibility index (Phi) is 3.52. The van der Waals surface area contributed by atoms with Gasteiger partial charge in [0.25, 0.3) is 0 Å². The van der Waals surface area contributed by atoms with Crippen molar-refractivity contribution >= 4 is 36.0 Å². The van der Waals surface area contributed by atoms with Gasteiger partial charge in [-0.3, -0.25) is 0 Å². The lowest BCUT2D eigenvalue weighted by Crippen LogP contribution is -1.88. The van der Waals surface area contributed by atoms with Crippen molar-refractivity contribution < 1.29 is 5.11 Å². The van der Waals surface area contributed by atoms with Gasteiger partial charge in [0.15, 0.2) is 0 Å². The van der Waals surface area contributed by atoms with Crippen molar-refractivity contribution in [1.82, 2.24) is 0 Å². The van der Waals surface area contributed by atoms with Crippen molar-refractivity contribution in [2.45, 2.75) is 13.8 Å². The minimum Gasteiger partial charge on any atom is -0.508 e. The summed E-state index contributed by atoms with van der Waals surface area (Å²) in [7, 11) is 1.52. The molecular formula is C8H10INOS. The maximum atomic E-state index is 9.36. The second-order valence-corrected chi connectivity index (χ2v) is 4.31. The van der Waals surface area contributed by atoms with E-state index in [0.29, 0.717) is 5.75 Å². The molecule has 0 saturated heterocycles. The molecule has 1 aromatic carbocycles. The first-order chi connectivity index (χ1) is 5.65. The predicted molar refractivity (Wildman–Crippen MR) is 62.8 cm³/mol. The molecule has 0 aromatic heterocycles. The second-order valence-electron chi connectivity index (χ2n) is 2.63.